The third kappa shape index (κ3) is 3.82. The quantitative estimate of drug-likeness (QED) is 0.929. The summed E-state index contributed by atoms with van der Waals surface area (Å²) in [6.07, 6.45) is 3.56. The molecule has 1 aliphatic heterocycles. The van der Waals surface area contributed by atoms with Crippen molar-refractivity contribution in [3.05, 3.63) is 54.3 Å². The van der Waals surface area contributed by atoms with Gasteiger partial charge in [0.1, 0.15) is 5.82 Å². The topological polar surface area (TPSA) is 49.4 Å². The molecular weight excluding hydrogens is 315 g/mol. The lowest BCUT2D eigenvalue weighted by Gasteiger charge is -2.29. The first kappa shape index (κ1) is 15.8. The normalized spacial score (nSPS) is 15.4. The second kappa shape index (κ2) is 6.58. The van der Waals surface area contributed by atoms with Crippen molar-refractivity contribution in [3.8, 4) is 0 Å². The van der Waals surface area contributed by atoms with Gasteiger partial charge in [0.25, 0.3) is 10.0 Å². The van der Waals surface area contributed by atoms with Crippen LogP contribution in [0.2, 0.25) is 0 Å². The van der Waals surface area contributed by atoms with E-state index >= 15 is 0 Å². The fourth-order valence-corrected chi connectivity index (χ4v) is 3.80. The second-order valence-corrected chi connectivity index (χ2v) is 7.34. The van der Waals surface area contributed by atoms with Gasteiger partial charge >= 0.3 is 0 Å². The van der Waals surface area contributed by atoms with E-state index in [-0.39, 0.29) is 4.90 Å². The Kier molecular flexibility index (Phi) is 4.52. The summed E-state index contributed by atoms with van der Waals surface area (Å²) in [6.45, 7) is 1.99. The van der Waals surface area contributed by atoms with Crippen LogP contribution in [-0.2, 0) is 10.0 Å². The van der Waals surface area contributed by atoms with E-state index in [4.69, 9.17) is 0 Å². The van der Waals surface area contributed by atoms with E-state index in [1.54, 1.807) is 6.07 Å². The molecule has 3 rings (SSSR count). The van der Waals surface area contributed by atoms with Gasteiger partial charge in [0, 0.05) is 18.8 Å². The second-order valence-electron chi connectivity index (χ2n) is 5.66. The van der Waals surface area contributed by atoms with Crippen LogP contribution in [0.25, 0.3) is 0 Å². The number of hydrogen-bond donors (Lipinski definition) is 1. The van der Waals surface area contributed by atoms with Crippen molar-refractivity contribution < 1.29 is 12.8 Å². The minimum Gasteiger partial charge on any atom is -0.371 e. The first-order chi connectivity index (χ1) is 11.0. The van der Waals surface area contributed by atoms with Gasteiger partial charge in [0.15, 0.2) is 0 Å². The number of sulfonamides is 1. The van der Waals surface area contributed by atoms with Crippen molar-refractivity contribution in [1.29, 1.82) is 0 Å². The molecule has 1 N–H and O–H groups in total. The number of nitrogens with one attached hydrogen (secondary N) is 1. The molecule has 1 fully saturated rings. The minimum atomic E-state index is -3.71. The van der Waals surface area contributed by atoms with Crippen LogP contribution in [0, 0.1) is 5.82 Å². The SMILES string of the molecule is O=S(=O)(Nc1cccc(N2CCCCC2)c1)c1ccc(F)cc1. The van der Waals surface area contributed by atoms with Crippen LogP contribution in [0.4, 0.5) is 15.8 Å². The van der Waals surface area contributed by atoms with Crippen LogP contribution in [0.5, 0.6) is 0 Å². The molecule has 0 saturated carbocycles. The van der Waals surface area contributed by atoms with Crippen molar-refractivity contribution in [2.75, 3.05) is 22.7 Å². The van der Waals surface area contributed by atoms with E-state index in [1.807, 2.05) is 18.2 Å². The Morgan fingerprint density at radius 2 is 1.65 bits per heavy atom. The van der Waals surface area contributed by atoms with Crippen LogP contribution >= 0.6 is 0 Å². The van der Waals surface area contributed by atoms with Crippen molar-refractivity contribution >= 4 is 21.4 Å². The third-order valence-electron chi connectivity index (χ3n) is 3.94. The largest absolute Gasteiger partial charge is 0.371 e. The molecule has 0 radical (unpaired) electrons. The average molecular weight is 334 g/mol. The van der Waals surface area contributed by atoms with Crippen molar-refractivity contribution in [2.24, 2.45) is 0 Å². The van der Waals surface area contributed by atoms with Crippen LogP contribution in [0.15, 0.2) is 53.4 Å². The molecule has 0 amide bonds. The monoisotopic (exact) mass is 334 g/mol. The molecule has 0 atom stereocenters. The van der Waals surface area contributed by atoms with E-state index in [1.165, 1.54) is 18.6 Å². The maximum atomic E-state index is 12.9. The molecule has 6 heteroatoms. The maximum Gasteiger partial charge on any atom is 0.261 e. The molecule has 0 spiro atoms. The number of anilines is 2. The van der Waals surface area contributed by atoms with E-state index in [2.05, 4.69) is 9.62 Å². The Bertz CT molecular complexity index is 769. The molecule has 4 nitrogen and oxygen atoms in total. The Labute approximate surface area is 136 Å². The molecule has 0 unspecified atom stereocenters. The van der Waals surface area contributed by atoms with Crippen molar-refractivity contribution in [2.45, 2.75) is 24.2 Å². The number of halogens is 1. The summed E-state index contributed by atoms with van der Waals surface area (Å²) in [5.41, 5.74) is 1.53. The average Bonchev–Trinajstić information content (AvgIpc) is 2.56. The van der Waals surface area contributed by atoms with Crippen LogP contribution in [-0.4, -0.2) is 21.5 Å². The van der Waals surface area contributed by atoms with E-state index in [9.17, 15) is 12.8 Å². The van der Waals surface area contributed by atoms with Crippen molar-refractivity contribution in [1.82, 2.24) is 0 Å². The molecule has 23 heavy (non-hydrogen) atoms. The standard InChI is InChI=1S/C17H19FN2O2S/c18-14-7-9-17(10-8-14)23(21,22)19-15-5-4-6-16(13-15)20-11-2-1-3-12-20/h4-10,13,19H,1-3,11-12H2. The number of nitrogens with zero attached hydrogens (tertiary/aromatic N) is 1. The molecule has 1 saturated heterocycles. The highest BCUT2D eigenvalue weighted by Crippen LogP contribution is 2.24. The number of piperidine rings is 1. The summed E-state index contributed by atoms with van der Waals surface area (Å²) in [7, 11) is -3.71. The van der Waals surface area contributed by atoms with Gasteiger partial charge in [-0.25, -0.2) is 12.8 Å². The summed E-state index contributed by atoms with van der Waals surface area (Å²) in [6, 6.07) is 12.2. The summed E-state index contributed by atoms with van der Waals surface area (Å²) < 4.78 is 40.2. The fourth-order valence-electron chi connectivity index (χ4n) is 2.75. The zero-order valence-electron chi connectivity index (χ0n) is 12.7. The van der Waals surface area contributed by atoms with Gasteiger partial charge in [0.05, 0.1) is 10.6 Å². The molecule has 0 aliphatic carbocycles. The first-order valence-corrected chi connectivity index (χ1v) is 9.16. The Balaban J connectivity index is 1.80. The van der Waals surface area contributed by atoms with Gasteiger partial charge in [-0.3, -0.25) is 4.72 Å². The molecular formula is C17H19FN2O2S. The highest BCUT2D eigenvalue weighted by atomic mass is 32.2. The van der Waals surface area contributed by atoms with Gasteiger partial charge in [-0.1, -0.05) is 6.07 Å². The number of benzene rings is 2. The van der Waals surface area contributed by atoms with Gasteiger partial charge in [0.2, 0.25) is 0 Å². The lowest BCUT2D eigenvalue weighted by atomic mass is 10.1. The molecule has 1 heterocycles. The first-order valence-electron chi connectivity index (χ1n) is 7.68. The van der Waals surface area contributed by atoms with E-state index in [0.29, 0.717) is 5.69 Å². The number of hydrogen-bond acceptors (Lipinski definition) is 3. The Morgan fingerprint density at radius 3 is 2.35 bits per heavy atom. The van der Waals surface area contributed by atoms with Gasteiger partial charge in [-0.2, -0.15) is 0 Å². The summed E-state index contributed by atoms with van der Waals surface area (Å²) in [5.74, 6) is -0.462. The van der Waals surface area contributed by atoms with Gasteiger partial charge in [-0.15, -0.1) is 0 Å². The van der Waals surface area contributed by atoms with E-state index in [0.717, 1.165) is 43.8 Å². The Morgan fingerprint density at radius 1 is 0.957 bits per heavy atom. The molecule has 0 bridgehead atoms. The number of rotatable bonds is 4. The smallest absolute Gasteiger partial charge is 0.261 e. The highest BCUT2D eigenvalue weighted by Gasteiger charge is 2.16. The molecule has 2 aromatic carbocycles. The maximum absolute atomic E-state index is 12.9. The summed E-state index contributed by atoms with van der Waals surface area (Å²) in [5, 5.41) is 0. The highest BCUT2D eigenvalue weighted by molar-refractivity contribution is 7.92. The summed E-state index contributed by atoms with van der Waals surface area (Å²) >= 11 is 0. The fraction of sp³-hybridized carbons (Fsp3) is 0.294. The van der Waals surface area contributed by atoms with Gasteiger partial charge < -0.3 is 4.90 Å². The molecule has 2 aromatic rings. The predicted octanol–water partition coefficient (Wildman–Crippen LogP) is 3.62. The van der Waals surface area contributed by atoms with Gasteiger partial charge in [-0.05, 0) is 61.7 Å². The van der Waals surface area contributed by atoms with E-state index < -0.39 is 15.8 Å². The molecule has 122 valence electrons. The molecule has 1 aliphatic rings. The minimum absolute atomic E-state index is 0.0438. The zero-order valence-corrected chi connectivity index (χ0v) is 13.5. The predicted molar refractivity (Wildman–Crippen MR) is 89.7 cm³/mol. The van der Waals surface area contributed by atoms with Crippen molar-refractivity contribution in [3.63, 3.8) is 0 Å². The lowest BCUT2D eigenvalue weighted by molar-refractivity contribution is 0.578. The van der Waals surface area contributed by atoms with Crippen LogP contribution < -0.4 is 9.62 Å². The summed E-state index contributed by atoms with van der Waals surface area (Å²) in [4.78, 5) is 2.31. The van der Waals surface area contributed by atoms with Crippen LogP contribution in [0.3, 0.4) is 0 Å². The zero-order chi connectivity index (χ0) is 16.3. The third-order valence-corrected chi connectivity index (χ3v) is 5.34. The lowest BCUT2D eigenvalue weighted by Crippen LogP contribution is -2.29. The van der Waals surface area contributed by atoms with Crippen LogP contribution in [0.1, 0.15) is 19.3 Å². The Hall–Kier alpha value is -2.08. The molecule has 0 aromatic heterocycles.